The van der Waals surface area contributed by atoms with Crippen molar-refractivity contribution in [1.82, 2.24) is 15.1 Å². The monoisotopic (exact) mass is 335 g/mol. The van der Waals surface area contributed by atoms with Crippen LogP contribution in [0.15, 0.2) is 24.3 Å². The van der Waals surface area contributed by atoms with E-state index in [1.165, 1.54) is 12.1 Å². The van der Waals surface area contributed by atoms with Gasteiger partial charge in [-0.1, -0.05) is 12.1 Å². The van der Waals surface area contributed by atoms with Crippen LogP contribution in [0.1, 0.15) is 25.8 Å². The molecule has 1 aromatic carbocycles. The van der Waals surface area contributed by atoms with Gasteiger partial charge in [0.1, 0.15) is 11.9 Å². The van der Waals surface area contributed by atoms with E-state index in [1.807, 2.05) is 0 Å². The van der Waals surface area contributed by atoms with Crippen LogP contribution in [0.2, 0.25) is 0 Å². The minimum Gasteiger partial charge on any atom is -0.358 e. The molecule has 0 spiro atoms. The number of hydrogen-bond donors (Lipinski definition) is 1. The summed E-state index contributed by atoms with van der Waals surface area (Å²) in [5, 5.41) is 2.69. The molecule has 0 aliphatic carbocycles. The van der Waals surface area contributed by atoms with E-state index < -0.39 is 0 Å². The van der Waals surface area contributed by atoms with Gasteiger partial charge in [0.25, 0.3) is 0 Å². The van der Waals surface area contributed by atoms with Crippen LogP contribution in [0, 0.1) is 5.82 Å². The second kappa shape index (κ2) is 8.24. The Morgan fingerprint density at radius 3 is 2.50 bits per heavy atom. The van der Waals surface area contributed by atoms with Gasteiger partial charge in [-0.15, -0.1) is 0 Å². The minimum absolute atomic E-state index is 0.0386. The number of benzene rings is 1. The topological polar surface area (TPSA) is 52.7 Å². The summed E-state index contributed by atoms with van der Waals surface area (Å²) in [6, 6.07) is 6.16. The van der Waals surface area contributed by atoms with Gasteiger partial charge >= 0.3 is 0 Å². The molecule has 132 valence electrons. The first-order valence-corrected chi connectivity index (χ1v) is 8.42. The Morgan fingerprint density at radius 2 is 1.92 bits per heavy atom. The number of nitrogens with one attached hydrogen (secondary N) is 1. The summed E-state index contributed by atoms with van der Waals surface area (Å²) in [5.74, 6) is -0.292. The summed E-state index contributed by atoms with van der Waals surface area (Å²) in [6.07, 6.45) is 0.946. The maximum Gasteiger partial charge on any atom is 0.238 e. The molecule has 6 heteroatoms. The SMILES string of the molecule is CNC(=O)C1CN(C(=O)CCc2ccc(F)cc2)CCN1C(C)C. The molecule has 0 radical (unpaired) electrons. The molecule has 0 saturated carbocycles. The molecule has 1 N–H and O–H groups in total. The third kappa shape index (κ3) is 4.54. The summed E-state index contributed by atoms with van der Waals surface area (Å²) in [6.45, 7) is 5.86. The van der Waals surface area contributed by atoms with E-state index in [2.05, 4.69) is 24.1 Å². The predicted molar refractivity (Wildman–Crippen MR) is 91.0 cm³/mol. The van der Waals surface area contributed by atoms with E-state index in [-0.39, 0.29) is 29.7 Å². The molecule has 1 aliphatic heterocycles. The van der Waals surface area contributed by atoms with Crippen LogP contribution < -0.4 is 5.32 Å². The molecule has 1 fully saturated rings. The van der Waals surface area contributed by atoms with E-state index in [9.17, 15) is 14.0 Å². The summed E-state index contributed by atoms with van der Waals surface area (Å²) >= 11 is 0. The van der Waals surface area contributed by atoms with E-state index in [4.69, 9.17) is 0 Å². The van der Waals surface area contributed by atoms with Crippen molar-refractivity contribution in [2.75, 3.05) is 26.7 Å². The van der Waals surface area contributed by atoms with Crippen molar-refractivity contribution in [2.24, 2.45) is 0 Å². The number of likely N-dealkylation sites (N-methyl/N-ethyl adjacent to an activating group) is 1. The molecule has 24 heavy (non-hydrogen) atoms. The molecule has 1 atom stereocenters. The lowest BCUT2D eigenvalue weighted by molar-refractivity contribution is -0.138. The maximum atomic E-state index is 12.9. The second-order valence-corrected chi connectivity index (χ2v) is 6.43. The fraction of sp³-hybridized carbons (Fsp3) is 0.556. The highest BCUT2D eigenvalue weighted by molar-refractivity contribution is 5.83. The molecule has 1 aromatic rings. The number of carbonyl (C=O) groups excluding carboxylic acids is 2. The maximum absolute atomic E-state index is 12.9. The molecular formula is C18H26FN3O2. The fourth-order valence-corrected chi connectivity index (χ4v) is 3.10. The largest absolute Gasteiger partial charge is 0.358 e. The van der Waals surface area contributed by atoms with Crippen LogP contribution in [0.4, 0.5) is 4.39 Å². The van der Waals surface area contributed by atoms with Crippen LogP contribution in [0.3, 0.4) is 0 Å². The second-order valence-electron chi connectivity index (χ2n) is 6.43. The van der Waals surface area contributed by atoms with Gasteiger partial charge in [0.15, 0.2) is 0 Å². The number of hydrogen-bond acceptors (Lipinski definition) is 3. The highest BCUT2D eigenvalue weighted by Crippen LogP contribution is 2.15. The summed E-state index contributed by atoms with van der Waals surface area (Å²) in [7, 11) is 1.62. The molecular weight excluding hydrogens is 309 g/mol. The lowest BCUT2D eigenvalue weighted by Gasteiger charge is -2.42. The number of halogens is 1. The Morgan fingerprint density at radius 1 is 1.25 bits per heavy atom. The smallest absolute Gasteiger partial charge is 0.238 e. The van der Waals surface area contributed by atoms with Gasteiger partial charge in [-0.3, -0.25) is 14.5 Å². The fourth-order valence-electron chi connectivity index (χ4n) is 3.10. The summed E-state index contributed by atoms with van der Waals surface area (Å²) in [4.78, 5) is 28.5. The van der Waals surface area contributed by atoms with Gasteiger partial charge in [0, 0.05) is 39.1 Å². The minimum atomic E-state index is -0.307. The predicted octanol–water partition coefficient (Wildman–Crippen LogP) is 1.43. The van der Waals surface area contributed by atoms with E-state index in [0.717, 1.165) is 5.56 Å². The molecule has 1 saturated heterocycles. The molecule has 1 heterocycles. The van der Waals surface area contributed by atoms with Crippen LogP contribution >= 0.6 is 0 Å². The lowest BCUT2D eigenvalue weighted by Crippen LogP contribution is -2.61. The average Bonchev–Trinajstić information content (AvgIpc) is 2.59. The van der Waals surface area contributed by atoms with Gasteiger partial charge in [0.2, 0.25) is 11.8 Å². The number of piperazine rings is 1. The Bertz CT molecular complexity index is 574. The quantitative estimate of drug-likeness (QED) is 0.886. The van der Waals surface area contributed by atoms with Crippen molar-refractivity contribution < 1.29 is 14.0 Å². The van der Waals surface area contributed by atoms with Crippen molar-refractivity contribution in [3.8, 4) is 0 Å². The van der Waals surface area contributed by atoms with E-state index in [1.54, 1.807) is 24.1 Å². The van der Waals surface area contributed by atoms with Gasteiger partial charge in [-0.05, 0) is 38.0 Å². The number of aryl methyl sites for hydroxylation is 1. The van der Waals surface area contributed by atoms with E-state index >= 15 is 0 Å². The van der Waals surface area contributed by atoms with Gasteiger partial charge < -0.3 is 10.2 Å². The lowest BCUT2D eigenvalue weighted by atomic mass is 10.1. The Labute approximate surface area is 142 Å². The number of amides is 2. The van der Waals surface area contributed by atoms with Gasteiger partial charge in [0.05, 0.1) is 0 Å². The number of carbonyl (C=O) groups is 2. The molecule has 1 aliphatic rings. The van der Waals surface area contributed by atoms with Crippen molar-refractivity contribution in [2.45, 2.75) is 38.8 Å². The Kier molecular flexibility index (Phi) is 6.31. The molecule has 1 unspecified atom stereocenters. The zero-order valence-corrected chi connectivity index (χ0v) is 14.6. The first-order chi connectivity index (χ1) is 11.4. The Hall–Kier alpha value is -1.95. The zero-order valence-electron chi connectivity index (χ0n) is 14.6. The standard InChI is InChI=1S/C18H26FN3O2/c1-13(2)22-11-10-21(12-16(22)18(24)20-3)17(23)9-6-14-4-7-15(19)8-5-14/h4-5,7-8,13,16H,6,9-12H2,1-3H3,(H,20,24). The first-order valence-electron chi connectivity index (χ1n) is 8.42. The first kappa shape index (κ1) is 18.4. The molecule has 2 rings (SSSR count). The highest BCUT2D eigenvalue weighted by atomic mass is 19.1. The molecule has 0 bridgehead atoms. The Balaban J connectivity index is 1.94. The van der Waals surface area contributed by atoms with Gasteiger partial charge in [-0.2, -0.15) is 0 Å². The van der Waals surface area contributed by atoms with Crippen molar-refractivity contribution in [1.29, 1.82) is 0 Å². The normalized spacial score (nSPS) is 18.7. The van der Waals surface area contributed by atoms with Crippen LogP contribution in [-0.4, -0.2) is 60.4 Å². The van der Waals surface area contributed by atoms with Crippen molar-refractivity contribution >= 4 is 11.8 Å². The highest BCUT2D eigenvalue weighted by Gasteiger charge is 2.34. The van der Waals surface area contributed by atoms with E-state index in [0.29, 0.717) is 32.5 Å². The molecule has 2 amide bonds. The molecule has 0 aromatic heterocycles. The van der Waals surface area contributed by atoms with Crippen LogP contribution in [-0.2, 0) is 16.0 Å². The average molecular weight is 335 g/mol. The summed E-state index contributed by atoms with van der Waals surface area (Å²) in [5.41, 5.74) is 0.938. The van der Waals surface area contributed by atoms with Crippen LogP contribution in [0.25, 0.3) is 0 Å². The third-order valence-electron chi connectivity index (χ3n) is 4.53. The van der Waals surface area contributed by atoms with Crippen molar-refractivity contribution in [3.63, 3.8) is 0 Å². The molecule has 5 nitrogen and oxygen atoms in total. The zero-order chi connectivity index (χ0) is 17.7. The third-order valence-corrected chi connectivity index (χ3v) is 4.53. The number of nitrogens with zero attached hydrogens (tertiary/aromatic N) is 2. The van der Waals surface area contributed by atoms with Crippen LogP contribution in [0.5, 0.6) is 0 Å². The van der Waals surface area contributed by atoms with Crippen molar-refractivity contribution in [3.05, 3.63) is 35.6 Å². The van der Waals surface area contributed by atoms with Gasteiger partial charge in [-0.25, -0.2) is 4.39 Å². The summed E-state index contributed by atoms with van der Waals surface area (Å²) < 4.78 is 12.9. The number of rotatable bonds is 5.